The predicted octanol–water partition coefficient (Wildman–Crippen LogP) is -1.03. The SMILES string of the molecule is COc1ccccc1-n1c(O)c(C=NNc2nc3c(c(=O)n(C)c(=O)n3C)n2C)c(=O)[nH]c1=O. The van der Waals surface area contributed by atoms with Crippen LogP contribution >= 0.6 is 0 Å². The Balaban J connectivity index is 1.78. The van der Waals surface area contributed by atoms with E-state index in [1.54, 1.807) is 25.2 Å². The molecular weight excluding hydrogens is 448 g/mol. The van der Waals surface area contributed by atoms with Gasteiger partial charge in [-0.1, -0.05) is 12.1 Å². The fourth-order valence-corrected chi connectivity index (χ4v) is 3.47. The minimum absolute atomic E-state index is 0.0959. The van der Waals surface area contributed by atoms with Gasteiger partial charge in [0.05, 0.1) is 19.0 Å². The number of hydrazone groups is 1. The summed E-state index contributed by atoms with van der Waals surface area (Å²) in [5.41, 5.74) is -0.0634. The van der Waals surface area contributed by atoms with Crippen LogP contribution in [0.3, 0.4) is 0 Å². The van der Waals surface area contributed by atoms with Crippen LogP contribution in [-0.4, -0.2) is 46.7 Å². The summed E-state index contributed by atoms with van der Waals surface area (Å²) in [5, 5.41) is 14.6. The number of nitrogens with one attached hydrogen (secondary N) is 2. The number of hydrogen-bond acceptors (Lipinski definition) is 9. The summed E-state index contributed by atoms with van der Waals surface area (Å²) in [6, 6.07) is 6.43. The fraction of sp³-hybridized carbons (Fsp3) is 0.200. The van der Waals surface area contributed by atoms with E-state index in [1.807, 2.05) is 0 Å². The van der Waals surface area contributed by atoms with E-state index in [4.69, 9.17) is 4.74 Å². The van der Waals surface area contributed by atoms with Gasteiger partial charge in [0, 0.05) is 21.1 Å². The third kappa shape index (κ3) is 3.37. The molecule has 4 aromatic rings. The lowest BCUT2D eigenvalue weighted by molar-refractivity contribution is 0.401. The zero-order valence-corrected chi connectivity index (χ0v) is 18.6. The fourth-order valence-electron chi connectivity index (χ4n) is 3.47. The van der Waals surface area contributed by atoms with Crippen LogP contribution < -0.4 is 32.7 Å². The van der Waals surface area contributed by atoms with Crippen molar-refractivity contribution in [3.05, 3.63) is 71.5 Å². The van der Waals surface area contributed by atoms with Crippen LogP contribution in [0.1, 0.15) is 5.56 Å². The lowest BCUT2D eigenvalue weighted by Crippen LogP contribution is -2.37. The minimum Gasteiger partial charge on any atom is -0.495 e. The molecule has 0 fully saturated rings. The van der Waals surface area contributed by atoms with Gasteiger partial charge in [-0.15, -0.1) is 0 Å². The zero-order valence-electron chi connectivity index (χ0n) is 18.6. The highest BCUT2D eigenvalue weighted by Gasteiger charge is 2.18. The average Bonchev–Trinajstić information content (AvgIpc) is 3.14. The normalized spacial score (nSPS) is 11.4. The van der Waals surface area contributed by atoms with Crippen molar-refractivity contribution in [2.24, 2.45) is 26.2 Å². The molecule has 0 radical (unpaired) electrons. The van der Waals surface area contributed by atoms with Gasteiger partial charge in [-0.3, -0.25) is 23.7 Å². The lowest BCUT2D eigenvalue weighted by atomic mass is 10.2. The van der Waals surface area contributed by atoms with Crippen LogP contribution in [0.2, 0.25) is 0 Å². The maximum atomic E-state index is 12.5. The van der Waals surface area contributed by atoms with Gasteiger partial charge in [0.2, 0.25) is 11.8 Å². The van der Waals surface area contributed by atoms with E-state index in [9.17, 15) is 24.3 Å². The number of benzene rings is 1. The van der Waals surface area contributed by atoms with Crippen molar-refractivity contribution in [2.75, 3.05) is 12.5 Å². The second kappa shape index (κ2) is 8.23. The first-order chi connectivity index (χ1) is 16.2. The molecule has 0 aliphatic rings. The first-order valence-electron chi connectivity index (χ1n) is 9.80. The molecule has 0 atom stereocenters. The Kier molecular flexibility index (Phi) is 5.40. The van der Waals surface area contributed by atoms with E-state index < -0.39 is 28.4 Å². The van der Waals surface area contributed by atoms with E-state index in [-0.39, 0.29) is 28.4 Å². The average molecular weight is 468 g/mol. The number of ether oxygens (including phenoxy) is 1. The molecule has 0 saturated heterocycles. The summed E-state index contributed by atoms with van der Waals surface area (Å²) in [6.07, 6.45) is 0.996. The highest BCUT2D eigenvalue weighted by atomic mass is 16.5. The number of anilines is 1. The Labute approximate surface area is 189 Å². The lowest BCUT2D eigenvalue weighted by Gasteiger charge is -2.12. The molecule has 0 unspecified atom stereocenters. The summed E-state index contributed by atoms with van der Waals surface area (Å²) in [5.74, 6) is -0.275. The summed E-state index contributed by atoms with van der Waals surface area (Å²) < 4.78 is 9.66. The van der Waals surface area contributed by atoms with E-state index in [0.717, 1.165) is 15.3 Å². The maximum absolute atomic E-state index is 12.5. The summed E-state index contributed by atoms with van der Waals surface area (Å²) in [7, 11) is 5.78. The Morgan fingerprint density at radius 3 is 2.50 bits per heavy atom. The van der Waals surface area contributed by atoms with E-state index in [0.29, 0.717) is 5.75 Å². The topological polar surface area (TPSA) is 171 Å². The summed E-state index contributed by atoms with van der Waals surface area (Å²) in [4.78, 5) is 55.7. The van der Waals surface area contributed by atoms with Crippen molar-refractivity contribution >= 4 is 23.3 Å². The largest absolute Gasteiger partial charge is 0.495 e. The van der Waals surface area contributed by atoms with Gasteiger partial charge < -0.3 is 14.4 Å². The molecule has 3 heterocycles. The standard InChI is InChI=1S/C20H20N8O6/c1-25-13-14(26(2)20(33)27(3)17(13)31)22-18(25)24-21-9-10-15(29)23-19(32)28(16(10)30)11-7-5-6-8-12(11)34-4/h5-9,30H,1-4H3,(H,22,24)(H,23,29,32). The molecule has 0 spiro atoms. The molecule has 0 amide bonds. The molecule has 3 aromatic heterocycles. The number of rotatable bonds is 5. The molecule has 176 valence electrons. The molecule has 14 nitrogen and oxygen atoms in total. The molecular formula is C20H20N8O6. The van der Waals surface area contributed by atoms with Crippen LogP contribution in [-0.2, 0) is 21.1 Å². The number of nitrogens with zero attached hydrogens (tertiary/aromatic N) is 6. The zero-order chi connectivity index (χ0) is 24.7. The highest BCUT2D eigenvalue weighted by Crippen LogP contribution is 2.24. The van der Waals surface area contributed by atoms with Gasteiger partial charge in [0.15, 0.2) is 11.2 Å². The van der Waals surface area contributed by atoms with Crippen LogP contribution in [0, 0.1) is 0 Å². The van der Waals surface area contributed by atoms with Crippen LogP contribution in [0.5, 0.6) is 11.6 Å². The summed E-state index contributed by atoms with van der Waals surface area (Å²) in [6.45, 7) is 0. The monoisotopic (exact) mass is 468 g/mol. The van der Waals surface area contributed by atoms with Gasteiger partial charge in [-0.25, -0.2) is 19.6 Å². The third-order valence-electron chi connectivity index (χ3n) is 5.28. The Morgan fingerprint density at radius 2 is 1.79 bits per heavy atom. The van der Waals surface area contributed by atoms with E-state index in [1.165, 1.54) is 36.4 Å². The molecule has 14 heteroatoms. The van der Waals surface area contributed by atoms with E-state index in [2.05, 4.69) is 20.5 Å². The second-order valence-electron chi connectivity index (χ2n) is 7.25. The van der Waals surface area contributed by atoms with Gasteiger partial charge in [0.25, 0.3) is 11.1 Å². The summed E-state index contributed by atoms with van der Waals surface area (Å²) >= 11 is 0. The molecule has 4 rings (SSSR count). The maximum Gasteiger partial charge on any atom is 0.335 e. The van der Waals surface area contributed by atoms with Crippen molar-refractivity contribution in [2.45, 2.75) is 0 Å². The number of para-hydroxylation sites is 2. The van der Waals surface area contributed by atoms with Gasteiger partial charge >= 0.3 is 11.4 Å². The quantitative estimate of drug-likeness (QED) is 0.247. The molecule has 1 aromatic carbocycles. The number of hydrogen-bond donors (Lipinski definition) is 3. The van der Waals surface area contributed by atoms with Gasteiger partial charge in [-0.2, -0.15) is 10.1 Å². The van der Waals surface area contributed by atoms with Gasteiger partial charge in [0.1, 0.15) is 11.3 Å². The smallest absolute Gasteiger partial charge is 0.335 e. The molecule has 0 aliphatic heterocycles. The molecule has 3 N–H and O–H groups in total. The molecule has 0 aliphatic carbocycles. The van der Waals surface area contributed by atoms with Crippen molar-refractivity contribution in [1.29, 1.82) is 0 Å². The third-order valence-corrected chi connectivity index (χ3v) is 5.28. The first kappa shape index (κ1) is 22.3. The van der Waals surface area contributed by atoms with Gasteiger partial charge in [-0.05, 0) is 12.1 Å². The number of H-pyrrole nitrogens is 1. The Morgan fingerprint density at radius 1 is 1.09 bits per heavy atom. The first-order valence-corrected chi connectivity index (χ1v) is 9.80. The number of aryl methyl sites for hydroxylation is 2. The van der Waals surface area contributed by atoms with Crippen molar-refractivity contribution in [3.63, 3.8) is 0 Å². The molecule has 34 heavy (non-hydrogen) atoms. The van der Waals surface area contributed by atoms with Crippen LogP contribution in [0.25, 0.3) is 16.9 Å². The van der Waals surface area contributed by atoms with Crippen LogP contribution in [0.4, 0.5) is 5.95 Å². The number of imidazole rings is 1. The number of methoxy groups -OCH3 is 1. The predicted molar refractivity (Wildman–Crippen MR) is 123 cm³/mol. The van der Waals surface area contributed by atoms with E-state index >= 15 is 0 Å². The molecule has 0 saturated carbocycles. The highest BCUT2D eigenvalue weighted by molar-refractivity contribution is 5.83. The van der Waals surface area contributed by atoms with Crippen molar-refractivity contribution in [1.82, 2.24) is 28.2 Å². The Bertz CT molecular complexity index is 1700. The van der Waals surface area contributed by atoms with Crippen molar-refractivity contribution in [3.8, 4) is 17.3 Å². The molecule has 0 bridgehead atoms. The Hall–Kier alpha value is -4.88. The number of aromatic hydroxyl groups is 1. The van der Waals surface area contributed by atoms with Crippen molar-refractivity contribution < 1.29 is 9.84 Å². The number of fused-ring (bicyclic) bond motifs is 1. The number of aromatic nitrogens is 6. The second-order valence-corrected chi connectivity index (χ2v) is 7.25. The number of aromatic amines is 1. The minimum atomic E-state index is -0.875. The van der Waals surface area contributed by atoms with Crippen LogP contribution in [0.15, 0.2) is 48.5 Å².